The van der Waals surface area contributed by atoms with Crippen molar-refractivity contribution in [1.82, 2.24) is 4.98 Å². The van der Waals surface area contributed by atoms with Crippen LogP contribution >= 0.6 is 0 Å². The van der Waals surface area contributed by atoms with Crippen LogP contribution in [-0.4, -0.2) is 4.98 Å². The number of aryl methyl sites for hydroxylation is 1. The van der Waals surface area contributed by atoms with Gasteiger partial charge in [-0.2, -0.15) is 0 Å². The molecule has 13 heavy (non-hydrogen) atoms. The van der Waals surface area contributed by atoms with Crippen molar-refractivity contribution in [3.8, 4) is 0 Å². The van der Waals surface area contributed by atoms with Crippen LogP contribution < -0.4 is 5.73 Å². The molecule has 1 aliphatic carbocycles. The Hall–Kier alpha value is -0.890. The summed E-state index contributed by atoms with van der Waals surface area (Å²) in [5.41, 5.74) is 8.36. The van der Waals surface area contributed by atoms with E-state index in [-0.39, 0.29) is 6.04 Å². The number of nitrogens with two attached hydrogens (primary N) is 1. The van der Waals surface area contributed by atoms with Gasteiger partial charge in [-0.25, -0.2) is 0 Å². The summed E-state index contributed by atoms with van der Waals surface area (Å²) in [7, 11) is 0. The third-order valence-corrected chi connectivity index (χ3v) is 2.98. The Labute approximate surface area is 79.2 Å². The Balaban J connectivity index is 2.10. The van der Waals surface area contributed by atoms with Crippen molar-refractivity contribution in [2.75, 3.05) is 0 Å². The van der Waals surface area contributed by atoms with Gasteiger partial charge >= 0.3 is 0 Å². The molecule has 70 valence electrons. The molecule has 0 saturated heterocycles. The highest BCUT2D eigenvalue weighted by Gasteiger charge is 2.25. The van der Waals surface area contributed by atoms with Crippen LogP contribution in [0.25, 0.3) is 0 Å². The van der Waals surface area contributed by atoms with Crippen LogP contribution in [0.3, 0.4) is 0 Å². The molecule has 0 spiro atoms. The first-order valence-corrected chi connectivity index (χ1v) is 4.95. The second-order valence-electron chi connectivity index (χ2n) is 3.95. The van der Waals surface area contributed by atoms with Crippen molar-refractivity contribution >= 4 is 0 Å². The highest BCUT2D eigenvalue weighted by Crippen LogP contribution is 2.35. The van der Waals surface area contributed by atoms with Gasteiger partial charge in [0.05, 0.1) is 0 Å². The minimum atomic E-state index is 0.210. The highest BCUT2D eigenvalue weighted by atomic mass is 14.7. The average molecular weight is 176 g/mol. The molecule has 1 heterocycles. The molecular formula is C11H16N2. The number of hydrogen-bond acceptors (Lipinski definition) is 2. The van der Waals surface area contributed by atoms with E-state index in [0.717, 1.165) is 5.69 Å². The number of aromatic nitrogens is 1. The molecule has 0 aliphatic heterocycles. The number of hydrogen-bond donors (Lipinski definition) is 1. The van der Waals surface area contributed by atoms with Crippen molar-refractivity contribution < 1.29 is 0 Å². The molecule has 0 amide bonds. The van der Waals surface area contributed by atoms with E-state index in [1.54, 1.807) is 0 Å². The van der Waals surface area contributed by atoms with Crippen molar-refractivity contribution in [2.24, 2.45) is 11.7 Å². The second-order valence-corrected chi connectivity index (χ2v) is 3.95. The zero-order valence-electron chi connectivity index (χ0n) is 8.03. The molecule has 1 fully saturated rings. The topological polar surface area (TPSA) is 38.9 Å². The van der Waals surface area contributed by atoms with E-state index < -0.39 is 0 Å². The normalized spacial score (nSPS) is 19.5. The van der Waals surface area contributed by atoms with E-state index in [2.05, 4.69) is 11.1 Å². The predicted molar refractivity (Wildman–Crippen MR) is 53.2 cm³/mol. The van der Waals surface area contributed by atoms with Gasteiger partial charge < -0.3 is 5.73 Å². The number of rotatable bonds is 2. The van der Waals surface area contributed by atoms with E-state index in [9.17, 15) is 0 Å². The fourth-order valence-electron chi connectivity index (χ4n) is 1.75. The molecule has 0 aromatic carbocycles. The second kappa shape index (κ2) is 3.46. The van der Waals surface area contributed by atoms with Crippen molar-refractivity contribution in [3.63, 3.8) is 0 Å². The lowest BCUT2D eigenvalue weighted by atomic mass is 9.78. The highest BCUT2D eigenvalue weighted by molar-refractivity contribution is 5.18. The van der Waals surface area contributed by atoms with Crippen molar-refractivity contribution in [2.45, 2.75) is 32.2 Å². The fourth-order valence-corrected chi connectivity index (χ4v) is 1.75. The monoisotopic (exact) mass is 176 g/mol. The first-order valence-electron chi connectivity index (χ1n) is 4.95. The summed E-state index contributed by atoms with van der Waals surface area (Å²) in [5.74, 6) is 0.699. The fraction of sp³-hybridized carbons (Fsp3) is 0.545. The Bertz CT molecular complexity index is 275. The summed E-state index contributed by atoms with van der Waals surface area (Å²) in [6.07, 6.45) is 5.83. The van der Waals surface area contributed by atoms with Gasteiger partial charge in [0.1, 0.15) is 0 Å². The number of pyridine rings is 1. The minimum absolute atomic E-state index is 0.210. The molecular weight excluding hydrogens is 160 g/mol. The smallest absolute Gasteiger partial charge is 0.0372 e. The van der Waals surface area contributed by atoms with E-state index in [1.165, 1.54) is 24.8 Å². The maximum atomic E-state index is 6.11. The van der Waals surface area contributed by atoms with E-state index in [1.807, 2.05) is 19.2 Å². The van der Waals surface area contributed by atoms with Crippen LogP contribution in [0.4, 0.5) is 0 Å². The Kier molecular flexibility index (Phi) is 2.32. The third-order valence-electron chi connectivity index (χ3n) is 2.98. The lowest BCUT2D eigenvalue weighted by molar-refractivity contribution is 0.264. The van der Waals surface area contributed by atoms with Crippen LogP contribution in [0.5, 0.6) is 0 Å². The first kappa shape index (κ1) is 8.70. The molecule has 1 aromatic rings. The molecule has 1 saturated carbocycles. The van der Waals surface area contributed by atoms with Gasteiger partial charge in [0.15, 0.2) is 0 Å². The van der Waals surface area contributed by atoms with Gasteiger partial charge in [-0.05, 0) is 37.3 Å². The quantitative estimate of drug-likeness (QED) is 0.750. The third kappa shape index (κ3) is 1.73. The minimum Gasteiger partial charge on any atom is -0.324 e. The Morgan fingerprint density at radius 1 is 1.46 bits per heavy atom. The van der Waals surface area contributed by atoms with Crippen LogP contribution in [0.2, 0.25) is 0 Å². The summed E-state index contributed by atoms with van der Waals surface area (Å²) < 4.78 is 0. The SMILES string of the molecule is Cc1ccc(C(N)C2CCC2)cn1. The van der Waals surface area contributed by atoms with Crippen LogP contribution in [0.1, 0.15) is 36.6 Å². The molecule has 2 rings (SSSR count). The molecule has 2 nitrogen and oxygen atoms in total. The van der Waals surface area contributed by atoms with E-state index in [0.29, 0.717) is 5.92 Å². The lowest BCUT2D eigenvalue weighted by Gasteiger charge is -2.31. The van der Waals surface area contributed by atoms with Gasteiger partial charge in [-0.3, -0.25) is 4.98 Å². The Morgan fingerprint density at radius 2 is 2.23 bits per heavy atom. The largest absolute Gasteiger partial charge is 0.324 e. The summed E-state index contributed by atoms with van der Waals surface area (Å²) >= 11 is 0. The predicted octanol–water partition coefficient (Wildman–Crippen LogP) is 2.19. The van der Waals surface area contributed by atoms with Crippen molar-refractivity contribution in [1.29, 1.82) is 0 Å². The molecule has 0 bridgehead atoms. The molecule has 1 atom stereocenters. The first-order chi connectivity index (χ1) is 6.27. The van der Waals surface area contributed by atoms with Gasteiger partial charge in [-0.1, -0.05) is 12.5 Å². The summed E-state index contributed by atoms with van der Waals surface area (Å²) in [6.45, 7) is 2.00. The molecule has 1 unspecified atom stereocenters. The van der Waals surface area contributed by atoms with E-state index >= 15 is 0 Å². The molecule has 2 heteroatoms. The summed E-state index contributed by atoms with van der Waals surface area (Å²) in [6, 6.07) is 4.35. The zero-order chi connectivity index (χ0) is 9.26. The summed E-state index contributed by atoms with van der Waals surface area (Å²) in [5, 5.41) is 0. The molecule has 2 N–H and O–H groups in total. The zero-order valence-corrected chi connectivity index (χ0v) is 8.03. The van der Waals surface area contributed by atoms with E-state index in [4.69, 9.17) is 5.73 Å². The van der Waals surface area contributed by atoms with Crippen molar-refractivity contribution in [3.05, 3.63) is 29.6 Å². The maximum Gasteiger partial charge on any atom is 0.0372 e. The number of nitrogens with zero attached hydrogens (tertiary/aromatic N) is 1. The molecule has 0 radical (unpaired) electrons. The van der Waals surface area contributed by atoms with Gasteiger partial charge in [0, 0.05) is 17.9 Å². The maximum absolute atomic E-state index is 6.11. The van der Waals surface area contributed by atoms with Gasteiger partial charge in [0.25, 0.3) is 0 Å². The molecule has 1 aromatic heterocycles. The van der Waals surface area contributed by atoms with Crippen LogP contribution in [0, 0.1) is 12.8 Å². The van der Waals surface area contributed by atoms with Gasteiger partial charge in [0.2, 0.25) is 0 Å². The Morgan fingerprint density at radius 3 is 2.69 bits per heavy atom. The average Bonchev–Trinajstić information content (AvgIpc) is 2.02. The lowest BCUT2D eigenvalue weighted by Crippen LogP contribution is -2.26. The summed E-state index contributed by atoms with van der Waals surface area (Å²) in [4.78, 5) is 4.26. The molecule has 1 aliphatic rings. The standard InChI is InChI=1S/C11H16N2/c1-8-5-6-10(7-13-8)11(12)9-3-2-4-9/h5-7,9,11H,2-4,12H2,1H3. The van der Waals surface area contributed by atoms with Crippen LogP contribution in [0.15, 0.2) is 18.3 Å². The van der Waals surface area contributed by atoms with Crippen LogP contribution in [-0.2, 0) is 0 Å². The van der Waals surface area contributed by atoms with Gasteiger partial charge in [-0.15, -0.1) is 0 Å².